The number of nitrogens with zero attached hydrogens (tertiary/aromatic N) is 3. The predicted molar refractivity (Wildman–Crippen MR) is 151 cm³/mol. The molecule has 1 atom stereocenters. The van der Waals surface area contributed by atoms with Gasteiger partial charge in [0.2, 0.25) is 0 Å². The second-order valence-electron chi connectivity index (χ2n) is 9.66. The zero-order valence-corrected chi connectivity index (χ0v) is 23.1. The van der Waals surface area contributed by atoms with Gasteiger partial charge in [0.1, 0.15) is 5.00 Å². The van der Waals surface area contributed by atoms with Crippen LogP contribution in [0, 0.1) is 0 Å². The van der Waals surface area contributed by atoms with Crippen LogP contribution in [0.1, 0.15) is 33.3 Å². The number of hydrogen-bond acceptors (Lipinski definition) is 5. The number of rotatable bonds is 4. The molecule has 0 fully saturated rings. The summed E-state index contributed by atoms with van der Waals surface area (Å²) in [7, 11) is 5.34. The number of fused-ring (bicyclic) bond motifs is 5. The Hall–Kier alpha value is -3.46. The monoisotopic (exact) mass is 548 g/mol. The topological polar surface area (TPSA) is 59.0 Å². The highest BCUT2D eigenvalue weighted by Gasteiger charge is 2.36. The van der Waals surface area contributed by atoms with Crippen LogP contribution < -0.4 is 14.8 Å². The molecule has 4 aromatic rings. The van der Waals surface area contributed by atoms with Gasteiger partial charge in [0, 0.05) is 46.5 Å². The number of benzene rings is 2. The van der Waals surface area contributed by atoms with Crippen LogP contribution in [0.2, 0.25) is 5.02 Å². The normalized spacial score (nSPS) is 16.7. The van der Waals surface area contributed by atoms with Gasteiger partial charge in [0.25, 0.3) is 0 Å². The molecule has 0 saturated heterocycles. The average molecular weight is 549 g/mol. The first-order valence-electron chi connectivity index (χ1n) is 12.5. The number of amides is 2. The Morgan fingerprint density at radius 3 is 2.66 bits per heavy atom. The van der Waals surface area contributed by atoms with E-state index >= 15 is 0 Å². The Morgan fingerprint density at radius 1 is 1.03 bits per heavy atom. The molecule has 0 bridgehead atoms. The number of thiophene rings is 1. The molecule has 2 aromatic carbocycles. The van der Waals surface area contributed by atoms with E-state index in [2.05, 4.69) is 40.2 Å². The summed E-state index contributed by atoms with van der Waals surface area (Å²) < 4.78 is 13.1. The van der Waals surface area contributed by atoms with Gasteiger partial charge in [-0.3, -0.25) is 0 Å². The molecule has 2 amide bonds. The molecular weight excluding hydrogens is 520 g/mol. The van der Waals surface area contributed by atoms with Gasteiger partial charge in [-0.15, -0.1) is 11.3 Å². The molecule has 196 valence electrons. The third-order valence-corrected chi connectivity index (χ3v) is 8.81. The number of urea groups is 1. The lowest BCUT2D eigenvalue weighted by molar-refractivity contribution is 0.194. The minimum atomic E-state index is -0.328. The highest BCUT2D eigenvalue weighted by atomic mass is 35.5. The summed E-state index contributed by atoms with van der Waals surface area (Å²) in [6.07, 6.45) is 3.08. The second-order valence-corrected chi connectivity index (χ2v) is 11.2. The van der Waals surface area contributed by atoms with Crippen molar-refractivity contribution in [3.63, 3.8) is 0 Å². The number of carbonyl (C=O) groups is 1. The SMILES string of the molecule is COc1ccc(NC(=O)N2Cc3c(sc4c3CCN(C)C4)-n3cccc3[C@@H]2c2cccc(Cl)c2)cc1OC. The largest absolute Gasteiger partial charge is 0.493 e. The van der Waals surface area contributed by atoms with Crippen molar-refractivity contribution in [3.8, 4) is 16.5 Å². The number of likely N-dealkylation sites (N-methyl/N-ethyl adjacent to an activating group) is 1. The molecule has 38 heavy (non-hydrogen) atoms. The lowest BCUT2D eigenvalue weighted by Gasteiger charge is -2.32. The van der Waals surface area contributed by atoms with Gasteiger partial charge < -0.3 is 29.2 Å². The standard InChI is InChI=1S/C29H29ClN4O3S/c1-32-13-11-21-22-16-34(29(35)31-20-9-10-24(36-2)25(15-20)37-3)27(18-6-4-7-19(30)14-18)23-8-5-12-33(23)28(22)38-26(21)17-32/h4-10,12,14-15,27H,11,13,16-17H2,1-3H3,(H,31,35)/t27-/m0/s1. The molecule has 2 aliphatic rings. The lowest BCUT2D eigenvalue weighted by Crippen LogP contribution is -2.38. The van der Waals surface area contributed by atoms with E-state index in [0.29, 0.717) is 28.8 Å². The summed E-state index contributed by atoms with van der Waals surface area (Å²) in [6.45, 7) is 2.42. The van der Waals surface area contributed by atoms with E-state index in [1.54, 1.807) is 26.4 Å². The summed E-state index contributed by atoms with van der Waals surface area (Å²) in [5, 5.41) is 4.95. The van der Waals surface area contributed by atoms with Crippen molar-refractivity contribution < 1.29 is 14.3 Å². The third-order valence-electron chi connectivity index (χ3n) is 7.32. The van der Waals surface area contributed by atoms with Crippen molar-refractivity contribution in [1.29, 1.82) is 0 Å². The van der Waals surface area contributed by atoms with Crippen molar-refractivity contribution in [2.45, 2.75) is 25.6 Å². The fraction of sp³-hybridized carbons (Fsp3) is 0.276. The number of methoxy groups -OCH3 is 2. The maximum absolute atomic E-state index is 14.1. The van der Waals surface area contributed by atoms with E-state index in [-0.39, 0.29) is 12.1 Å². The van der Waals surface area contributed by atoms with Gasteiger partial charge in [0.05, 0.1) is 32.5 Å². The number of nitrogens with one attached hydrogen (secondary N) is 1. The van der Waals surface area contributed by atoms with Crippen LogP contribution in [-0.2, 0) is 19.5 Å². The van der Waals surface area contributed by atoms with Gasteiger partial charge in [-0.05, 0) is 61.0 Å². The number of halogens is 1. The number of carbonyl (C=O) groups excluding carboxylic acids is 1. The maximum atomic E-state index is 14.1. The molecular formula is C29H29ClN4O3S. The summed E-state index contributed by atoms with van der Waals surface area (Å²) in [4.78, 5) is 19.8. The van der Waals surface area contributed by atoms with Gasteiger partial charge >= 0.3 is 6.03 Å². The lowest BCUT2D eigenvalue weighted by atomic mass is 10.0. The molecule has 0 radical (unpaired) electrons. The number of ether oxygens (including phenoxy) is 2. The van der Waals surface area contributed by atoms with E-state index in [9.17, 15) is 4.79 Å². The number of hydrogen-bond donors (Lipinski definition) is 1. The van der Waals surface area contributed by atoms with Crippen molar-refractivity contribution >= 4 is 34.7 Å². The molecule has 7 nitrogen and oxygen atoms in total. The maximum Gasteiger partial charge on any atom is 0.322 e. The van der Waals surface area contributed by atoms with E-state index < -0.39 is 0 Å². The van der Waals surface area contributed by atoms with Crippen LogP contribution in [0.25, 0.3) is 5.00 Å². The number of aromatic nitrogens is 1. The Kier molecular flexibility index (Phi) is 6.55. The molecule has 1 N–H and O–H groups in total. The molecule has 6 rings (SSSR count). The molecule has 2 aliphatic heterocycles. The Morgan fingerprint density at radius 2 is 1.87 bits per heavy atom. The molecule has 0 unspecified atom stereocenters. The van der Waals surface area contributed by atoms with Crippen LogP contribution in [0.3, 0.4) is 0 Å². The highest BCUT2D eigenvalue weighted by molar-refractivity contribution is 7.15. The molecule has 0 saturated carbocycles. The van der Waals surface area contributed by atoms with Crippen LogP contribution in [0.15, 0.2) is 60.8 Å². The summed E-state index contributed by atoms with van der Waals surface area (Å²) in [5.74, 6) is 1.16. The van der Waals surface area contributed by atoms with Crippen LogP contribution in [0.4, 0.5) is 10.5 Å². The highest BCUT2D eigenvalue weighted by Crippen LogP contribution is 2.44. The Bertz CT molecular complexity index is 1510. The molecule has 0 aliphatic carbocycles. The molecule has 0 spiro atoms. The minimum Gasteiger partial charge on any atom is -0.493 e. The van der Waals surface area contributed by atoms with Gasteiger partial charge in [-0.1, -0.05) is 23.7 Å². The van der Waals surface area contributed by atoms with Crippen LogP contribution >= 0.6 is 22.9 Å². The zero-order valence-electron chi connectivity index (χ0n) is 21.5. The Labute approximate surface area is 231 Å². The van der Waals surface area contributed by atoms with Gasteiger partial charge in [-0.2, -0.15) is 0 Å². The quantitative estimate of drug-likeness (QED) is 0.323. The average Bonchev–Trinajstić information content (AvgIpc) is 3.49. The fourth-order valence-corrected chi connectivity index (χ4v) is 7.13. The first kappa shape index (κ1) is 24.9. The minimum absolute atomic E-state index is 0.198. The van der Waals surface area contributed by atoms with Crippen LogP contribution in [-0.4, -0.2) is 48.2 Å². The van der Waals surface area contributed by atoms with Crippen LogP contribution in [0.5, 0.6) is 11.5 Å². The smallest absolute Gasteiger partial charge is 0.322 e. The fourth-order valence-electron chi connectivity index (χ4n) is 5.49. The Balaban J connectivity index is 1.46. The molecule has 4 heterocycles. The summed E-state index contributed by atoms with van der Waals surface area (Å²) >= 11 is 8.28. The number of anilines is 1. The van der Waals surface area contributed by atoms with Crippen molar-refractivity contribution in [1.82, 2.24) is 14.4 Å². The second kappa shape index (κ2) is 10.0. The first-order valence-corrected chi connectivity index (χ1v) is 13.7. The van der Waals surface area contributed by atoms with E-state index in [1.807, 2.05) is 46.6 Å². The first-order chi connectivity index (χ1) is 18.5. The third kappa shape index (κ3) is 4.32. The summed E-state index contributed by atoms with van der Waals surface area (Å²) in [6, 6.07) is 16.8. The summed E-state index contributed by atoms with van der Waals surface area (Å²) in [5.41, 5.74) is 5.22. The van der Waals surface area contributed by atoms with Gasteiger partial charge in [-0.25, -0.2) is 4.79 Å². The molecule has 9 heteroatoms. The van der Waals surface area contributed by atoms with Crippen molar-refractivity contribution in [2.24, 2.45) is 0 Å². The van der Waals surface area contributed by atoms with E-state index in [1.165, 1.54) is 21.0 Å². The van der Waals surface area contributed by atoms with E-state index in [0.717, 1.165) is 30.8 Å². The predicted octanol–water partition coefficient (Wildman–Crippen LogP) is 6.33. The van der Waals surface area contributed by atoms with Crippen molar-refractivity contribution in [3.05, 3.63) is 93.1 Å². The van der Waals surface area contributed by atoms with Crippen molar-refractivity contribution in [2.75, 3.05) is 33.1 Å². The van der Waals surface area contributed by atoms with E-state index in [4.69, 9.17) is 21.1 Å². The van der Waals surface area contributed by atoms with Gasteiger partial charge in [0.15, 0.2) is 11.5 Å². The molecule has 2 aromatic heterocycles. The zero-order chi connectivity index (χ0) is 26.4.